The zero-order chi connectivity index (χ0) is 15.0. The molecule has 5 heteroatoms. The lowest BCUT2D eigenvalue weighted by Gasteiger charge is -2.15. The number of halogens is 2. The maximum atomic E-state index is 14.2. The summed E-state index contributed by atoms with van der Waals surface area (Å²) in [7, 11) is 0. The van der Waals surface area contributed by atoms with Gasteiger partial charge in [0.1, 0.15) is 11.6 Å². The zero-order valence-corrected chi connectivity index (χ0v) is 12.3. The Morgan fingerprint density at radius 3 is 2.57 bits per heavy atom. The highest BCUT2D eigenvalue weighted by Crippen LogP contribution is 2.26. The Morgan fingerprint density at radius 1 is 1.14 bits per heavy atom. The molecule has 0 atom stereocenters. The van der Waals surface area contributed by atoms with Gasteiger partial charge in [0.15, 0.2) is 0 Å². The number of nitrogens with one attached hydrogen (secondary N) is 1. The van der Waals surface area contributed by atoms with E-state index in [1.165, 1.54) is 25.0 Å². The van der Waals surface area contributed by atoms with Crippen molar-refractivity contribution in [2.75, 3.05) is 5.32 Å². The van der Waals surface area contributed by atoms with E-state index in [4.69, 9.17) is 0 Å². The number of imidazole rings is 1. The fraction of sp³-hybridized carbons (Fsp3) is 0.438. The Bertz CT molecular complexity index is 658. The first kappa shape index (κ1) is 14.0. The molecule has 0 saturated heterocycles. The quantitative estimate of drug-likeness (QED) is 0.921. The number of hydrogen-bond acceptors (Lipinski definition) is 2. The molecule has 3 nitrogen and oxygen atoms in total. The summed E-state index contributed by atoms with van der Waals surface area (Å²) in [5.74, 6) is -0.271. The highest BCUT2D eigenvalue weighted by molar-refractivity contribution is 5.46. The number of hydrogen-bond donors (Lipinski definition) is 1. The summed E-state index contributed by atoms with van der Waals surface area (Å²) in [6.07, 6.45) is 6.31. The number of anilines is 1. The van der Waals surface area contributed by atoms with Crippen molar-refractivity contribution in [1.82, 2.24) is 9.55 Å². The molecule has 1 aliphatic rings. The van der Waals surface area contributed by atoms with Gasteiger partial charge in [-0.15, -0.1) is 0 Å². The summed E-state index contributed by atoms with van der Waals surface area (Å²) in [6.45, 7) is 3.40. The zero-order valence-electron chi connectivity index (χ0n) is 12.3. The summed E-state index contributed by atoms with van der Waals surface area (Å²) in [5.41, 5.74) is 1.27. The van der Waals surface area contributed by atoms with Gasteiger partial charge in [-0.25, -0.2) is 13.8 Å². The molecule has 0 unspecified atom stereocenters. The summed E-state index contributed by atoms with van der Waals surface area (Å²) in [6, 6.07) is 2.81. The fourth-order valence-electron chi connectivity index (χ4n) is 2.86. The van der Waals surface area contributed by atoms with Gasteiger partial charge in [0, 0.05) is 18.3 Å². The lowest BCUT2D eigenvalue weighted by molar-refractivity contribution is 0.585. The third-order valence-electron chi connectivity index (χ3n) is 4.00. The number of nitrogens with zero attached hydrogens (tertiary/aromatic N) is 2. The van der Waals surface area contributed by atoms with Gasteiger partial charge in [-0.2, -0.15) is 0 Å². The topological polar surface area (TPSA) is 29.9 Å². The van der Waals surface area contributed by atoms with Crippen LogP contribution in [0.25, 0.3) is 5.69 Å². The maximum Gasteiger partial charge on any atom is 0.208 e. The van der Waals surface area contributed by atoms with Crippen molar-refractivity contribution in [3.8, 4) is 5.69 Å². The van der Waals surface area contributed by atoms with Gasteiger partial charge in [-0.1, -0.05) is 12.8 Å². The lowest BCUT2D eigenvalue weighted by atomic mass is 10.2. The molecule has 112 valence electrons. The minimum absolute atomic E-state index is 0.194. The fourth-order valence-corrected chi connectivity index (χ4v) is 2.86. The first-order valence-corrected chi connectivity index (χ1v) is 7.33. The van der Waals surface area contributed by atoms with Gasteiger partial charge in [0.05, 0.1) is 11.4 Å². The highest BCUT2D eigenvalue weighted by Gasteiger charge is 2.19. The van der Waals surface area contributed by atoms with E-state index >= 15 is 0 Å². The normalized spacial score (nSPS) is 15.6. The molecular weight excluding hydrogens is 272 g/mol. The summed E-state index contributed by atoms with van der Waals surface area (Å²) in [4.78, 5) is 4.41. The second kappa shape index (κ2) is 5.47. The van der Waals surface area contributed by atoms with Crippen LogP contribution in [0.15, 0.2) is 18.3 Å². The predicted molar refractivity (Wildman–Crippen MR) is 78.8 cm³/mol. The number of benzene rings is 1. The second-order valence-corrected chi connectivity index (χ2v) is 5.75. The predicted octanol–water partition coefficient (Wildman–Crippen LogP) is 4.12. The third-order valence-corrected chi connectivity index (χ3v) is 4.00. The average molecular weight is 291 g/mol. The van der Waals surface area contributed by atoms with Crippen LogP contribution < -0.4 is 5.32 Å². The summed E-state index contributed by atoms with van der Waals surface area (Å²) in [5, 5.41) is 3.35. The van der Waals surface area contributed by atoms with E-state index in [0.717, 1.165) is 18.5 Å². The van der Waals surface area contributed by atoms with E-state index in [1.54, 1.807) is 17.7 Å². The number of aromatic nitrogens is 2. The van der Waals surface area contributed by atoms with E-state index in [-0.39, 0.29) is 5.69 Å². The first-order valence-electron chi connectivity index (χ1n) is 7.33. The molecule has 1 saturated carbocycles. The Hall–Kier alpha value is -1.91. The van der Waals surface area contributed by atoms with Gasteiger partial charge in [-0.3, -0.25) is 4.57 Å². The molecule has 1 aromatic heterocycles. The third kappa shape index (κ3) is 2.77. The Morgan fingerprint density at radius 2 is 1.86 bits per heavy atom. The van der Waals surface area contributed by atoms with E-state index in [2.05, 4.69) is 10.3 Å². The average Bonchev–Trinajstić information content (AvgIpc) is 3.04. The van der Waals surface area contributed by atoms with Crippen molar-refractivity contribution in [3.63, 3.8) is 0 Å². The first-order chi connectivity index (χ1) is 10.0. The van der Waals surface area contributed by atoms with Crippen molar-refractivity contribution in [1.29, 1.82) is 0 Å². The van der Waals surface area contributed by atoms with Crippen LogP contribution in [-0.4, -0.2) is 15.6 Å². The van der Waals surface area contributed by atoms with Crippen molar-refractivity contribution in [2.24, 2.45) is 0 Å². The smallest absolute Gasteiger partial charge is 0.208 e. The van der Waals surface area contributed by atoms with Gasteiger partial charge in [0.25, 0.3) is 0 Å². The highest BCUT2D eigenvalue weighted by atomic mass is 19.1. The van der Waals surface area contributed by atoms with Crippen LogP contribution in [0.3, 0.4) is 0 Å². The summed E-state index contributed by atoms with van der Waals surface area (Å²) < 4.78 is 29.5. The minimum Gasteiger partial charge on any atom is -0.353 e. The molecule has 3 rings (SSSR count). The Balaban J connectivity index is 2.00. The standard InChI is InChI=1S/C16H19F2N3/c1-10-7-14(18)15(8-13(10)17)21-9-11(2)19-16(21)20-12-5-3-4-6-12/h7-9,12H,3-6H2,1-2H3,(H,19,20). The van der Waals surface area contributed by atoms with Crippen LogP contribution in [-0.2, 0) is 0 Å². The van der Waals surface area contributed by atoms with Crippen molar-refractivity contribution < 1.29 is 8.78 Å². The maximum absolute atomic E-state index is 14.2. The van der Waals surface area contributed by atoms with Crippen LogP contribution in [0.5, 0.6) is 0 Å². The Labute approximate surface area is 123 Å². The SMILES string of the molecule is Cc1cn(-c2cc(F)c(C)cc2F)c(NC2CCCC2)n1. The molecule has 1 N–H and O–H groups in total. The van der Waals surface area contributed by atoms with E-state index in [0.29, 0.717) is 17.6 Å². The van der Waals surface area contributed by atoms with Crippen LogP contribution in [0.4, 0.5) is 14.7 Å². The summed E-state index contributed by atoms with van der Waals surface area (Å²) >= 11 is 0. The lowest BCUT2D eigenvalue weighted by Crippen LogP contribution is -2.18. The Kier molecular flexibility index (Phi) is 3.66. The largest absolute Gasteiger partial charge is 0.353 e. The van der Waals surface area contributed by atoms with Gasteiger partial charge in [-0.05, 0) is 38.3 Å². The molecule has 0 bridgehead atoms. The molecule has 0 radical (unpaired) electrons. The van der Waals surface area contributed by atoms with Crippen LogP contribution >= 0.6 is 0 Å². The van der Waals surface area contributed by atoms with E-state index < -0.39 is 11.6 Å². The monoisotopic (exact) mass is 291 g/mol. The molecule has 0 amide bonds. The molecule has 1 heterocycles. The molecule has 0 aliphatic heterocycles. The van der Waals surface area contributed by atoms with Crippen molar-refractivity contribution in [3.05, 3.63) is 41.2 Å². The number of rotatable bonds is 3. The van der Waals surface area contributed by atoms with E-state index in [1.807, 2.05) is 6.92 Å². The van der Waals surface area contributed by atoms with Gasteiger partial charge < -0.3 is 5.32 Å². The molecule has 1 fully saturated rings. The molecule has 2 aromatic rings. The minimum atomic E-state index is -0.444. The van der Waals surface area contributed by atoms with Gasteiger partial charge >= 0.3 is 0 Å². The van der Waals surface area contributed by atoms with Gasteiger partial charge in [0.2, 0.25) is 5.95 Å². The molecule has 0 spiro atoms. The second-order valence-electron chi connectivity index (χ2n) is 5.75. The van der Waals surface area contributed by atoms with Crippen LogP contribution in [0.1, 0.15) is 36.9 Å². The molecular formula is C16H19F2N3. The molecule has 1 aliphatic carbocycles. The molecule has 1 aromatic carbocycles. The van der Waals surface area contributed by atoms with Crippen molar-refractivity contribution >= 4 is 5.95 Å². The van der Waals surface area contributed by atoms with Crippen LogP contribution in [0.2, 0.25) is 0 Å². The number of aryl methyl sites for hydroxylation is 2. The van der Waals surface area contributed by atoms with E-state index in [9.17, 15) is 8.78 Å². The van der Waals surface area contributed by atoms with Crippen molar-refractivity contribution in [2.45, 2.75) is 45.6 Å². The van der Waals surface area contributed by atoms with Crippen LogP contribution in [0, 0.1) is 25.5 Å². The molecule has 21 heavy (non-hydrogen) atoms.